The molecule has 0 radical (unpaired) electrons. The van der Waals surface area contributed by atoms with Gasteiger partial charge in [-0.05, 0) is 42.5 Å². The number of carbonyl (C=O) groups excluding carboxylic acids is 1. The van der Waals surface area contributed by atoms with Crippen molar-refractivity contribution in [3.05, 3.63) is 64.3 Å². The van der Waals surface area contributed by atoms with Gasteiger partial charge in [-0.2, -0.15) is 0 Å². The molecule has 1 aliphatic rings. The number of furan rings is 1. The number of nitrogens with one attached hydrogen (secondary N) is 1. The Hall–Kier alpha value is -2.63. The lowest BCUT2D eigenvalue weighted by atomic mass is 10.2. The van der Waals surface area contributed by atoms with Crippen molar-refractivity contribution in [3.8, 4) is 22.8 Å². The monoisotopic (exact) mass is 389 g/mol. The van der Waals surface area contributed by atoms with Crippen molar-refractivity contribution in [1.82, 2.24) is 0 Å². The predicted octanol–water partition coefficient (Wildman–Crippen LogP) is 5.28. The van der Waals surface area contributed by atoms with Crippen LogP contribution in [0.3, 0.4) is 0 Å². The van der Waals surface area contributed by atoms with Gasteiger partial charge in [0.15, 0.2) is 17.3 Å². The van der Waals surface area contributed by atoms with E-state index in [1.165, 1.54) is 0 Å². The largest absolute Gasteiger partial charge is 0.486 e. The molecule has 4 rings (SSSR count). The van der Waals surface area contributed by atoms with E-state index in [9.17, 15) is 4.79 Å². The maximum atomic E-state index is 12.4. The van der Waals surface area contributed by atoms with E-state index in [2.05, 4.69) is 5.32 Å². The summed E-state index contributed by atoms with van der Waals surface area (Å²) in [5.74, 6) is 1.49. The minimum absolute atomic E-state index is 0.158. The maximum absolute atomic E-state index is 12.4. The van der Waals surface area contributed by atoms with E-state index in [0.29, 0.717) is 51.8 Å². The van der Waals surface area contributed by atoms with Crippen LogP contribution in [0.1, 0.15) is 10.6 Å². The Morgan fingerprint density at radius 2 is 1.73 bits per heavy atom. The van der Waals surface area contributed by atoms with Crippen molar-refractivity contribution >= 4 is 34.8 Å². The van der Waals surface area contributed by atoms with Gasteiger partial charge in [0, 0.05) is 22.3 Å². The smallest absolute Gasteiger partial charge is 0.291 e. The fraction of sp³-hybridized carbons (Fsp3) is 0.105. The highest BCUT2D eigenvalue weighted by molar-refractivity contribution is 6.35. The molecule has 132 valence electrons. The Morgan fingerprint density at radius 3 is 2.58 bits per heavy atom. The van der Waals surface area contributed by atoms with Crippen LogP contribution in [-0.2, 0) is 0 Å². The second-order valence-electron chi connectivity index (χ2n) is 5.60. The van der Waals surface area contributed by atoms with E-state index in [1.54, 1.807) is 48.5 Å². The molecule has 1 N–H and O–H groups in total. The Kier molecular flexibility index (Phi) is 4.49. The summed E-state index contributed by atoms with van der Waals surface area (Å²) in [6, 6.07) is 13.5. The van der Waals surface area contributed by atoms with Crippen LogP contribution in [-0.4, -0.2) is 19.1 Å². The summed E-state index contributed by atoms with van der Waals surface area (Å²) in [6.07, 6.45) is 0. The van der Waals surface area contributed by atoms with Gasteiger partial charge < -0.3 is 19.2 Å². The Bertz CT molecular complexity index is 983. The van der Waals surface area contributed by atoms with Gasteiger partial charge in [0.05, 0.1) is 5.02 Å². The number of hydrogen-bond acceptors (Lipinski definition) is 4. The fourth-order valence-electron chi connectivity index (χ4n) is 2.60. The van der Waals surface area contributed by atoms with Crippen molar-refractivity contribution in [2.45, 2.75) is 0 Å². The molecular weight excluding hydrogens is 377 g/mol. The Morgan fingerprint density at radius 1 is 0.923 bits per heavy atom. The van der Waals surface area contributed by atoms with Crippen LogP contribution in [0, 0.1) is 0 Å². The topological polar surface area (TPSA) is 60.7 Å². The molecule has 0 saturated heterocycles. The highest BCUT2D eigenvalue weighted by atomic mass is 35.5. The molecule has 0 atom stereocenters. The SMILES string of the molecule is O=C(Nc1ccc2c(c1)OCCO2)c1ccc(-c2cc(Cl)ccc2Cl)o1. The zero-order chi connectivity index (χ0) is 18.1. The van der Waals surface area contributed by atoms with Crippen LogP contribution in [0.4, 0.5) is 5.69 Å². The number of fused-ring (bicyclic) bond motifs is 1. The molecule has 26 heavy (non-hydrogen) atoms. The van der Waals surface area contributed by atoms with Crippen LogP contribution in [0.15, 0.2) is 52.9 Å². The first-order valence-corrected chi connectivity index (χ1v) is 8.62. The van der Waals surface area contributed by atoms with Gasteiger partial charge in [0.2, 0.25) is 0 Å². The lowest BCUT2D eigenvalue weighted by Gasteiger charge is -2.18. The highest BCUT2D eigenvalue weighted by Crippen LogP contribution is 2.34. The number of ether oxygens (including phenoxy) is 2. The van der Waals surface area contributed by atoms with Gasteiger partial charge in [-0.3, -0.25) is 4.79 Å². The third-order valence-electron chi connectivity index (χ3n) is 3.82. The van der Waals surface area contributed by atoms with Gasteiger partial charge >= 0.3 is 0 Å². The zero-order valence-electron chi connectivity index (χ0n) is 13.4. The van der Waals surface area contributed by atoms with Crippen molar-refractivity contribution < 1.29 is 18.7 Å². The van der Waals surface area contributed by atoms with E-state index in [4.69, 9.17) is 37.1 Å². The molecule has 2 heterocycles. The minimum Gasteiger partial charge on any atom is -0.486 e. The second kappa shape index (κ2) is 6.94. The first kappa shape index (κ1) is 16.8. The Labute approximate surface area is 159 Å². The average Bonchev–Trinajstić information content (AvgIpc) is 3.14. The van der Waals surface area contributed by atoms with Crippen molar-refractivity contribution in [2.75, 3.05) is 18.5 Å². The number of halogens is 2. The number of carbonyl (C=O) groups is 1. The standard InChI is InChI=1S/C19H13Cl2NO4/c20-11-1-3-14(21)13(9-11)15-5-6-17(26-15)19(23)22-12-2-4-16-18(10-12)25-8-7-24-16/h1-6,9-10H,7-8H2,(H,22,23). The van der Waals surface area contributed by atoms with Crippen molar-refractivity contribution in [3.63, 3.8) is 0 Å². The van der Waals surface area contributed by atoms with Gasteiger partial charge in [-0.1, -0.05) is 23.2 Å². The molecule has 0 unspecified atom stereocenters. The summed E-state index contributed by atoms with van der Waals surface area (Å²) in [5.41, 5.74) is 1.20. The molecule has 1 amide bonds. The number of anilines is 1. The second-order valence-corrected chi connectivity index (χ2v) is 6.44. The summed E-state index contributed by atoms with van der Waals surface area (Å²) in [7, 11) is 0. The van der Waals surface area contributed by atoms with Crippen LogP contribution in [0.5, 0.6) is 11.5 Å². The number of amides is 1. The molecule has 7 heteroatoms. The number of hydrogen-bond donors (Lipinski definition) is 1. The van der Waals surface area contributed by atoms with Crippen LogP contribution in [0.2, 0.25) is 10.0 Å². The third-order valence-corrected chi connectivity index (χ3v) is 4.39. The lowest BCUT2D eigenvalue weighted by molar-refractivity contribution is 0.0997. The molecule has 2 aromatic carbocycles. The van der Waals surface area contributed by atoms with Crippen molar-refractivity contribution in [1.29, 1.82) is 0 Å². The lowest BCUT2D eigenvalue weighted by Crippen LogP contribution is -2.16. The molecule has 5 nitrogen and oxygen atoms in total. The van der Waals surface area contributed by atoms with E-state index >= 15 is 0 Å². The maximum Gasteiger partial charge on any atom is 0.291 e. The average molecular weight is 390 g/mol. The minimum atomic E-state index is -0.383. The summed E-state index contributed by atoms with van der Waals surface area (Å²) in [4.78, 5) is 12.4. The number of rotatable bonds is 3. The molecule has 0 fully saturated rings. The summed E-state index contributed by atoms with van der Waals surface area (Å²) < 4.78 is 16.6. The number of benzene rings is 2. The molecule has 3 aromatic rings. The van der Waals surface area contributed by atoms with Gasteiger partial charge in [-0.25, -0.2) is 0 Å². The van der Waals surface area contributed by atoms with Crippen LogP contribution in [0.25, 0.3) is 11.3 Å². The summed E-state index contributed by atoms with van der Waals surface area (Å²) in [6.45, 7) is 0.992. The summed E-state index contributed by atoms with van der Waals surface area (Å²) in [5, 5.41) is 3.79. The third kappa shape index (κ3) is 3.36. The molecule has 0 spiro atoms. The first-order valence-electron chi connectivity index (χ1n) is 7.86. The van der Waals surface area contributed by atoms with E-state index in [-0.39, 0.29) is 11.7 Å². The van der Waals surface area contributed by atoms with Crippen LogP contribution >= 0.6 is 23.2 Å². The summed E-state index contributed by atoms with van der Waals surface area (Å²) >= 11 is 12.2. The van der Waals surface area contributed by atoms with E-state index in [0.717, 1.165) is 0 Å². The highest BCUT2D eigenvalue weighted by Gasteiger charge is 2.17. The molecule has 1 aromatic heterocycles. The molecule has 0 bridgehead atoms. The van der Waals surface area contributed by atoms with E-state index in [1.807, 2.05) is 0 Å². The molecule has 0 saturated carbocycles. The molecular formula is C19H13Cl2NO4. The quantitative estimate of drug-likeness (QED) is 0.661. The zero-order valence-corrected chi connectivity index (χ0v) is 14.9. The predicted molar refractivity (Wildman–Crippen MR) is 99.5 cm³/mol. The Balaban J connectivity index is 1.54. The molecule has 1 aliphatic heterocycles. The first-order chi connectivity index (χ1) is 12.6. The van der Waals surface area contributed by atoms with Gasteiger partial charge in [0.25, 0.3) is 5.91 Å². The van der Waals surface area contributed by atoms with Crippen LogP contribution < -0.4 is 14.8 Å². The van der Waals surface area contributed by atoms with Gasteiger partial charge in [0.1, 0.15) is 19.0 Å². The normalized spacial score (nSPS) is 12.7. The van der Waals surface area contributed by atoms with Gasteiger partial charge in [-0.15, -0.1) is 0 Å². The fourth-order valence-corrected chi connectivity index (χ4v) is 2.99. The molecule has 0 aliphatic carbocycles. The van der Waals surface area contributed by atoms with E-state index < -0.39 is 0 Å². The van der Waals surface area contributed by atoms with Crippen molar-refractivity contribution in [2.24, 2.45) is 0 Å².